The average Bonchev–Trinajstić information content (AvgIpc) is 2.45. The van der Waals surface area contributed by atoms with Crippen LogP contribution in [0.15, 0.2) is 28.7 Å². The molecule has 0 radical (unpaired) electrons. The molecular formula is C17H25BrN2O2. The molecule has 0 spiro atoms. The van der Waals surface area contributed by atoms with Crippen LogP contribution in [0.4, 0.5) is 4.79 Å². The lowest BCUT2D eigenvalue weighted by Gasteiger charge is -2.33. The summed E-state index contributed by atoms with van der Waals surface area (Å²) in [4.78, 5) is 13.8. The lowest BCUT2D eigenvalue weighted by Crippen LogP contribution is -2.46. The van der Waals surface area contributed by atoms with Crippen molar-refractivity contribution in [3.8, 4) is 0 Å². The fourth-order valence-corrected chi connectivity index (χ4v) is 2.91. The van der Waals surface area contributed by atoms with Gasteiger partial charge in [0.05, 0.1) is 0 Å². The molecule has 1 aliphatic heterocycles. The minimum Gasteiger partial charge on any atom is -0.444 e. The Morgan fingerprint density at radius 1 is 1.32 bits per heavy atom. The Morgan fingerprint density at radius 3 is 2.55 bits per heavy atom. The normalized spacial score (nSPS) is 16.6. The summed E-state index contributed by atoms with van der Waals surface area (Å²) in [5, 5.41) is 3.58. The molecule has 1 N–H and O–H groups in total. The van der Waals surface area contributed by atoms with Gasteiger partial charge in [-0.2, -0.15) is 0 Å². The van der Waals surface area contributed by atoms with Crippen LogP contribution in [0.1, 0.15) is 39.2 Å². The molecule has 0 aliphatic carbocycles. The number of hydrogen-bond acceptors (Lipinski definition) is 3. The van der Waals surface area contributed by atoms with Gasteiger partial charge in [-0.3, -0.25) is 0 Å². The SMILES string of the molecule is CC(C)(C)OC(=O)N1CCC(NCc2ccccc2Br)CC1. The first-order valence-electron chi connectivity index (χ1n) is 7.80. The number of rotatable bonds is 3. The largest absolute Gasteiger partial charge is 0.444 e. The molecule has 1 aromatic rings. The van der Waals surface area contributed by atoms with Crippen molar-refractivity contribution in [2.45, 2.75) is 51.8 Å². The second-order valence-electron chi connectivity index (χ2n) is 6.71. The third-order valence-corrected chi connectivity index (χ3v) is 4.46. The number of benzene rings is 1. The van der Waals surface area contributed by atoms with Gasteiger partial charge in [0, 0.05) is 30.1 Å². The first-order chi connectivity index (χ1) is 10.3. The second kappa shape index (κ2) is 7.47. The molecule has 5 heteroatoms. The van der Waals surface area contributed by atoms with Gasteiger partial charge in [0.15, 0.2) is 0 Å². The molecule has 122 valence electrons. The van der Waals surface area contributed by atoms with E-state index >= 15 is 0 Å². The molecule has 1 aromatic carbocycles. The summed E-state index contributed by atoms with van der Waals surface area (Å²) in [6.07, 6.45) is 1.73. The Labute approximate surface area is 141 Å². The van der Waals surface area contributed by atoms with Crippen LogP contribution in [0, 0.1) is 0 Å². The molecule has 0 atom stereocenters. The van der Waals surface area contributed by atoms with Crippen molar-refractivity contribution in [1.29, 1.82) is 0 Å². The van der Waals surface area contributed by atoms with Gasteiger partial charge in [0.2, 0.25) is 0 Å². The van der Waals surface area contributed by atoms with Crippen LogP contribution < -0.4 is 5.32 Å². The minimum absolute atomic E-state index is 0.197. The van der Waals surface area contributed by atoms with Crippen LogP contribution in [-0.2, 0) is 11.3 Å². The van der Waals surface area contributed by atoms with E-state index in [9.17, 15) is 4.79 Å². The summed E-state index contributed by atoms with van der Waals surface area (Å²) >= 11 is 3.57. The Bertz CT molecular complexity index is 506. The zero-order chi connectivity index (χ0) is 16.2. The number of likely N-dealkylation sites (tertiary alicyclic amines) is 1. The molecule has 4 nitrogen and oxygen atoms in total. The maximum absolute atomic E-state index is 12.0. The molecule has 1 amide bonds. The van der Waals surface area contributed by atoms with E-state index in [1.807, 2.05) is 37.8 Å². The number of halogens is 1. The van der Waals surface area contributed by atoms with Crippen molar-refractivity contribution in [2.75, 3.05) is 13.1 Å². The van der Waals surface area contributed by atoms with E-state index in [0.29, 0.717) is 6.04 Å². The highest BCUT2D eigenvalue weighted by Gasteiger charge is 2.26. The molecule has 0 saturated carbocycles. The summed E-state index contributed by atoms with van der Waals surface area (Å²) in [7, 11) is 0. The highest BCUT2D eigenvalue weighted by Crippen LogP contribution is 2.18. The fourth-order valence-electron chi connectivity index (χ4n) is 2.49. The first kappa shape index (κ1) is 17.3. The summed E-state index contributed by atoms with van der Waals surface area (Å²) < 4.78 is 6.55. The van der Waals surface area contributed by atoms with Crippen molar-refractivity contribution in [1.82, 2.24) is 10.2 Å². The van der Waals surface area contributed by atoms with Crippen LogP contribution in [0.2, 0.25) is 0 Å². The van der Waals surface area contributed by atoms with E-state index in [4.69, 9.17) is 4.74 Å². The lowest BCUT2D eigenvalue weighted by molar-refractivity contribution is 0.0198. The number of hydrogen-bond donors (Lipinski definition) is 1. The van der Waals surface area contributed by atoms with Crippen LogP contribution >= 0.6 is 15.9 Å². The predicted octanol–water partition coefficient (Wildman–Crippen LogP) is 3.94. The molecule has 0 aromatic heterocycles. The Balaban J connectivity index is 1.76. The number of carbonyl (C=O) groups excluding carboxylic acids is 1. The van der Waals surface area contributed by atoms with Crippen molar-refractivity contribution in [3.05, 3.63) is 34.3 Å². The standard InChI is InChI=1S/C17H25BrN2O2/c1-17(2,3)22-16(21)20-10-8-14(9-11-20)19-12-13-6-4-5-7-15(13)18/h4-7,14,19H,8-12H2,1-3H3. The van der Waals surface area contributed by atoms with E-state index in [1.54, 1.807) is 0 Å². The third-order valence-electron chi connectivity index (χ3n) is 3.69. The molecule has 0 bridgehead atoms. The van der Waals surface area contributed by atoms with Crippen molar-refractivity contribution in [3.63, 3.8) is 0 Å². The van der Waals surface area contributed by atoms with Gasteiger partial charge in [-0.05, 0) is 45.2 Å². The maximum Gasteiger partial charge on any atom is 0.410 e. The summed E-state index contributed by atoms with van der Waals surface area (Å²) in [5.41, 5.74) is 0.836. The van der Waals surface area contributed by atoms with E-state index < -0.39 is 5.60 Å². The molecule has 1 fully saturated rings. The number of nitrogens with zero attached hydrogens (tertiary/aromatic N) is 1. The van der Waals surface area contributed by atoms with E-state index in [2.05, 4.69) is 33.4 Å². The van der Waals surface area contributed by atoms with Gasteiger partial charge in [-0.1, -0.05) is 34.1 Å². The van der Waals surface area contributed by atoms with E-state index in [1.165, 1.54) is 5.56 Å². The minimum atomic E-state index is -0.425. The van der Waals surface area contributed by atoms with Crippen molar-refractivity contribution in [2.24, 2.45) is 0 Å². The number of carbonyl (C=O) groups is 1. The number of nitrogens with one attached hydrogen (secondary N) is 1. The van der Waals surface area contributed by atoms with Crippen LogP contribution in [-0.4, -0.2) is 35.7 Å². The Hall–Kier alpha value is -1.07. The number of piperidine rings is 1. The van der Waals surface area contributed by atoms with Gasteiger partial charge >= 0.3 is 6.09 Å². The number of ether oxygens (including phenoxy) is 1. The van der Waals surface area contributed by atoms with E-state index in [0.717, 1.165) is 36.9 Å². The fraction of sp³-hybridized carbons (Fsp3) is 0.588. The first-order valence-corrected chi connectivity index (χ1v) is 8.59. The molecule has 1 aliphatic rings. The second-order valence-corrected chi connectivity index (χ2v) is 7.57. The predicted molar refractivity (Wildman–Crippen MR) is 91.8 cm³/mol. The molecule has 0 unspecified atom stereocenters. The van der Waals surface area contributed by atoms with Crippen LogP contribution in [0.5, 0.6) is 0 Å². The molecule has 1 heterocycles. The zero-order valence-electron chi connectivity index (χ0n) is 13.6. The lowest BCUT2D eigenvalue weighted by atomic mass is 10.0. The van der Waals surface area contributed by atoms with Gasteiger partial charge in [0.25, 0.3) is 0 Å². The Kier molecular flexibility index (Phi) is 5.87. The van der Waals surface area contributed by atoms with Gasteiger partial charge in [0.1, 0.15) is 5.60 Å². The van der Waals surface area contributed by atoms with E-state index in [-0.39, 0.29) is 6.09 Å². The third kappa shape index (κ3) is 5.29. The smallest absolute Gasteiger partial charge is 0.410 e. The summed E-state index contributed by atoms with van der Waals surface area (Å²) in [6, 6.07) is 8.69. The maximum atomic E-state index is 12.0. The number of amides is 1. The van der Waals surface area contributed by atoms with Crippen molar-refractivity contribution < 1.29 is 9.53 Å². The average molecular weight is 369 g/mol. The molecule has 1 saturated heterocycles. The molecular weight excluding hydrogens is 344 g/mol. The quantitative estimate of drug-likeness (QED) is 0.878. The van der Waals surface area contributed by atoms with Crippen LogP contribution in [0.25, 0.3) is 0 Å². The summed E-state index contributed by atoms with van der Waals surface area (Å²) in [5.74, 6) is 0. The van der Waals surface area contributed by atoms with Crippen molar-refractivity contribution >= 4 is 22.0 Å². The van der Waals surface area contributed by atoms with Gasteiger partial charge < -0.3 is 15.0 Å². The Morgan fingerprint density at radius 2 is 1.95 bits per heavy atom. The topological polar surface area (TPSA) is 41.6 Å². The summed E-state index contributed by atoms with van der Waals surface area (Å²) in [6.45, 7) is 8.05. The molecule has 22 heavy (non-hydrogen) atoms. The highest BCUT2D eigenvalue weighted by atomic mass is 79.9. The van der Waals surface area contributed by atoms with Crippen LogP contribution in [0.3, 0.4) is 0 Å². The zero-order valence-corrected chi connectivity index (χ0v) is 15.1. The highest BCUT2D eigenvalue weighted by molar-refractivity contribution is 9.10. The monoisotopic (exact) mass is 368 g/mol. The molecule has 2 rings (SSSR count). The van der Waals surface area contributed by atoms with Gasteiger partial charge in [-0.15, -0.1) is 0 Å². The van der Waals surface area contributed by atoms with Gasteiger partial charge in [-0.25, -0.2) is 4.79 Å².